The van der Waals surface area contributed by atoms with Gasteiger partial charge in [-0.1, -0.05) is 17.6 Å². The average Bonchev–Trinajstić information content (AvgIpc) is 3.26. The van der Waals surface area contributed by atoms with Gasteiger partial charge in [-0.2, -0.15) is 0 Å². The van der Waals surface area contributed by atoms with Crippen molar-refractivity contribution in [1.29, 1.82) is 0 Å². The molecular formula is C17H22N4O4S. The van der Waals surface area contributed by atoms with Crippen LogP contribution in [0.4, 0.5) is 0 Å². The number of aliphatic hydroxyl groups is 1. The SMILES string of the molecule is NC(=O)C1(O)CN(CCCCCNC(=O)c2cc(-c3cccs3)on2)C1. The van der Waals surface area contributed by atoms with Gasteiger partial charge in [0.05, 0.1) is 4.88 Å². The Bertz CT molecular complexity index is 753. The molecule has 1 saturated heterocycles. The normalized spacial score (nSPS) is 16.2. The molecule has 2 aromatic rings. The summed E-state index contributed by atoms with van der Waals surface area (Å²) in [5, 5.41) is 18.3. The van der Waals surface area contributed by atoms with Crippen LogP contribution >= 0.6 is 11.3 Å². The third-order valence-corrected chi connectivity index (χ3v) is 5.26. The Hall–Kier alpha value is -2.23. The summed E-state index contributed by atoms with van der Waals surface area (Å²) >= 11 is 1.53. The van der Waals surface area contributed by atoms with Crippen LogP contribution in [0.3, 0.4) is 0 Å². The standard InChI is InChI=1S/C17H22N4O4S/c18-16(23)17(24)10-21(11-17)7-3-1-2-6-19-15(22)12-9-13(25-20-12)14-5-4-8-26-14/h4-5,8-9,24H,1-3,6-7,10-11H2,(H2,18,23)(H,19,22). The molecule has 0 spiro atoms. The molecule has 0 saturated carbocycles. The molecule has 0 bridgehead atoms. The van der Waals surface area contributed by atoms with E-state index in [1.807, 2.05) is 22.4 Å². The predicted molar refractivity (Wildman–Crippen MR) is 96.6 cm³/mol. The summed E-state index contributed by atoms with van der Waals surface area (Å²) in [4.78, 5) is 26.0. The Morgan fingerprint density at radius 3 is 2.88 bits per heavy atom. The molecule has 0 unspecified atom stereocenters. The number of primary amides is 1. The van der Waals surface area contributed by atoms with Gasteiger partial charge in [0, 0.05) is 25.7 Å². The Kier molecular flexibility index (Phi) is 5.70. The van der Waals surface area contributed by atoms with Crippen molar-refractivity contribution in [2.75, 3.05) is 26.2 Å². The molecule has 1 aliphatic heterocycles. The molecule has 4 N–H and O–H groups in total. The van der Waals surface area contributed by atoms with Crippen molar-refractivity contribution in [1.82, 2.24) is 15.4 Å². The van der Waals surface area contributed by atoms with Gasteiger partial charge >= 0.3 is 0 Å². The van der Waals surface area contributed by atoms with Crippen molar-refractivity contribution in [2.45, 2.75) is 24.9 Å². The Morgan fingerprint density at radius 1 is 1.38 bits per heavy atom. The van der Waals surface area contributed by atoms with E-state index in [2.05, 4.69) is 10.5 Å². The second kappa shape index (κ2) is 7.98. The monoisotopic (exact) mass is 378 g/mol. The molecule has 3 heterocycles. The molecule has 2 aromatic heterocycles. The van der Waals surface area contributed by atoms with Crippen LogP contribution in [0.2, 0.25) is 0 Å². The third-order valence-electron chi connectivity index (χ3n) is 4.37. The number of nitrogens with one attached hydrogen (secondary N) is 1. The second-order valence-corrected chi connectivity index (χ2v) is 7.42. The van der Waals surface area contributed by atoms with Gasteiger partial charge in [0.15, 0.2) is 17.1 Å². The second-order valence-electron chi connectivity index (χ2n) is 6.48. The summed E-state index contributed by atoms with van der Waals surface area (Å²) < 4.78 is 5.19. The number of carbonyl (C=O) groups excluding carboxylic acids is 2. The fourth-order valence-electron chi connectivity index (χ4n) is 2.85. The van der Waals surface area contributed by atoms with Crippen molar-refractivity contribution < 1.29 is 19.2 Å². The summed E-state index contributed by atoms with van der Waals surface area (Å²) in [6, 6.07) is 5.47. The number of aromatic nitrogens is 1. The number of carbonyl (C=O) groups is 2. The zero-order valence-corrected chi connectivity index (χ0v) is 15.1. The van der Waals surface area contributed by atoms with Crippen LogP contribution in [0.15, 0.2) is 28.1 Å². The van der Waals surface area contributed by atoms with E-state index in [1.165, 1.54) is 11.3 Å². The molecule has 8 nitrogen and oxygen atoms in total. The number of unbranched alkanes of at least 4 members (excludes halogenated alkanes) is 2. The molecule has 3 rings (SSSR count). The van der Waals surface area contributed by atoms with Crippen molar-refractivity contribution >= 4 is 23.2 Å². The van der Waals surface area contributed by atoms with Crippen LogP contribution in [0.5, 0.6) is 0 Å². The Morgan fingerprint density at radius 2 is 2.19 bits per heavy atom. The van der Waals surface area contributed by atoms with Crippen molar-refractivity contribution in [3.63, 3.8) is 0 Å². The minimum Gasteiger partial charge on any atom is -0.377 e. The number of rotatable bonds is 9. The molecule has 0 radical (unpaired) electrons. The number of hydrogen-bond acceptors (Lipinski definition) is 7. The van der Waals surface area contributed by atoms with Crippen LogP contribution in [-0.4, -0.2) is 58.8 Å². The largest absolute Gasteiger partial charge is 0.377 e. The zero-order valence-electron chi connectivity index (χ0n) is 14.3. The lowest BCUT2D eigenvalue weighted by Gasteiger charge is -2.44. The highest BCUT2D eigenvalue weighted by Crippen LogP contribution is 2.25. The van der Waals surface area contributed by atoms with E-state index in [0.29, 0.717) is 25.4 Å². The number of likely N-dealkylation sites (tertiary alicyclic amines) is 1. The highest BCUT2D eigenvalue weighted by atomic mass is 32.1. The minimum absolute atomic E-state index is 0.245. The first kappa shape index (κ1) is 18.6. The maximum Gasteiger partial charge on any atom is 0.273 e. The highest BCUT2D eigenvalue weighted by Gasteiger charge is 2.45. The average molecular weight is 378 g/mol. The summed E-state index contributed by atoms with van der Waals surface area (Å²) in [7, 11) is 0. The van der Waals surface area contributed by atoms with Gasteiger partial charge in [-0.05, 0) is 30.8 Å². The van der Waals surface area contributed by atoms with Crippen molar-refractivity contribution in [3.8, 4) is 10.6 Å². The van der Waals surface area contributed by atoms with Crippen molar-refractivity contribution in [3.05, 3.63) is 29.3 Å². The van der Waals surface area contributed by atoms with Gasteiger partial charge in [0.1, 0.15) is 0 Å². The van der Waals surface area contributed by atoms with Gasteiger partial charge in [0.2, 0.25) is 0 Å². The van der Waals surface area contributed by atoms with Crippen molar-refractivity contribution in [2.24, 2.45) is 5.73 Å². The molecular weight excluding hydrogens is 356 g/mol. The minimum atomic E-state index is -1.35. The maximum absolute atomic E-state index is 12.0. The number of nitrogens with two attached hydrogens (primary N) is 1. The quantitative estimate of drug-likeness (QED) is 0.556. The summed E-state index contributed by atoms with van der Waals surface area (Å²) in [5.74, 6) is -0.312. The first-order chi connectivity index (χ1) is 12.5. The topological polar surface area (TPSA) is 122 Å². The fraction of sp³-hybridized carbons (Fsp3) is 0.471. The number of β-amino-alcohol motifs (C(OH)–C–C–N with tert-alkyl or cyclic N) is 1. The van der Waals surface area contributed by atoms with E-state index in [0.717, 1.165) is 30.7 Å². The molecule has 9 heteroatoms. The lowest BCUT2D eigenvalue weighted by atomic mass is 9.93. The van der Waals surface area contributed by atoms with Gasteiger partial charge in [-0.3, -0.25) is 14.5 Å². The van der Waals surface area contributed by atoms with Gasteiger partial charge in [-0.25, -0.2) is 0 Å². The van der Waals surface area contributed by atoms with E-state index in [9.17, 15) is 14.7 Å². The van der Waals surface area contributed by atoms with Crippen LogP contribution < -0.4 is 11.1 Å². The van der Waals surface area contributed by atoms with Crippen LogP contribution in [0.1, 0.15) is 29.8 Å². The van der Waals surface area contributed by atoms with E-state index >= 15 is 0 Å². The molecule has 0 atom stereocenters. The van der Waals surface area contributed by atoms with Gasteiger partial charge < -0.3 is 20.7 Å². The van der Waals surface area contributed by atoms with Crippen LogP contribution in [0.25, 0.3) is 10.6 Å². The Balaban J connectivity index is 1.29. The summed E-state index contributed by atoms with van der Waals surface area (Å²) in [6.45, 7) is 1.97. The molecule has 1 fully saturated rings. The molecule has 140 valence electrons. The molecule has 0 aliphatic carbocycles. The van der Waals surface area contributed by atoms with E-state index in [4.69, 9.17) is 10.3 Å². The summed E-state index contributed by atoms with van der Waals surface area (Å²) in [6.07, 6.45) is 2.71. The number of hydrogen-bond donors (Lipinski definition) is 3. The highest BCUT2D eigenvalue weighted by molar-refractivity contribution is 7.13. The first-order valence-corrected chi connectivity index (χ1v) is 9.39. The summed E-state index contributed by atoms with van der Waals surface area (Å²) in [5.41, 5.74) is 4.05. The molecule has 1 aliphatic rings. The number of thiophene rings is 1. The fourth-order valence-corrected chi connectivity index (χ4v) is 3.53. The Labute approximate surface area is 155 Å². The molecule has 26 heavy (non-hydrogen) atoms. The molecule has 0 aromatic carbocycles. The predicted octanol–water partition coefficient (Wildman–Crippen LogP) is 0.835. The van der Waals surface area contributed by atoms with Gasteiger partial charge in [-0.15, -0.1) is 11.3 Å². The first-order valence-electron chi connectivity index (χ1n) is 8.51. The van der Waals surface area contributed by atoms with E-state index in [-0.39, 0.29) is 11.6 Å². The van der Waals surface area contributed by atoms with E-state index < -0.39 is 11.5 Å². The maximum atomic E-state index is 12.0. The third kappa shape index (κ3) is 4.29. The van der Waals surface area contributed by atoms with Crippen LogP contribution in [0, 0.1) is 0 Å². The number of amides is 2. The van der Waals surface area contributed by atoms with E-state index in [1.54, 1.807) is 6.07 Å². The van der Waals surface area contributed by atoms with Crippen LogP contribution in [-0.2, 0) is 4.79 Å². The smallest absolute Gasteiger partial charge is 0.273 e. The zero-order chi connectivity index (χ0) is 18.6. The number of nitrogens with zero attached hydrogens (tertiary/aromatic N) is 2. The molecule has 2 amide bonds. The lowest BCUT2D eigenvalue weighted by molar-refractivity contribution is -0.155. The lowest BCUT2D eigenvalue weighted by Crippen LogP contribution is -2.67. The van der Waals surface area contributed by atoms with Gasteiger partial charge in [0.25, 0.3) is 11.8 Å².